The summed E-state index contributed by atoms with van der Waals surface area (Å²) >= 11 is 11.9. The average molecular weight is 326 g/mol. The quantitative estimate of drug-likeness (QED) is 0.882. The molecule has 2 atom stereocenters. The van der Waals surface area contributed by atoms with E-state index in [9.17, 15) is 0 Å². The van der Waals surface area contributed by atoms with Gasteiger partial charge in [-0.3, -0.25) is 0 Å². The van der Waals surface area contributed by atoms with Crippen LogP contribution in [0.4, 0.5) is 0 Å². The van der Waals surface area contributed by atoms with Crippen molar-refractivity contribution in [2.75, 3.05) is 7.11 Å². The van der Waals surface area contributed by atoms with E-state index in [1.165, 1.54) is 0 Å². The molecular weight excluding hydrogens is 309 g/mol. The Morgan fingerprint density at radius 3 is 2.10 bits per heavy atom. The van der Waals surface area contributed by atoms with Crippen molar-refractivity contribution in [3.63, 3.8) is 0 Å². The van der Waals surface area contributed by atoms with Gasteiger partial charge in [-0.1, -0.05) is 35.3 Å². The van der Waals surface area contributed by atoms with Crippen molar-refractivity contribution in [1.82, 2.24) is 0 Å². The van der Waals surface area contributed by atoms with E-state index in [4.69, 9.17) is 38.4 Å². The van der Waals surface area contributed by atoms with E-state index < -0.39 is 0 Å². The van der Waals surface area contributed by atoms with Gasteiger partial charge < -0.3 is 15.2 Å². The van der Waals surface area contributed by atoms with Crippen LogP contribution in [0.1, 0.15) is 18.6 Å². The average Bonchev–Trinajstić information content (AvgIpc) is 2.48. The second-order valence-electron chi connectivity index (χ2n) is 4.75. The first kappa shape index (κ1) is 16.0. The first-order valence-corrected chi connectivity index (χ1v) is 7.28. The molecule has 21 heavy (non-hydrogen) atoms. The van der Waals surface area contributed by atoms with Crippen LogP contribution in [0.15, 0.2) is 42.5 Å². The highest BCUT2D eigenvalue weighted by Crippen LogP contribution is 2.30. The van der Waals surface area contributed by atoms with Crippen LogP contribution in [0.25, 0.3) is 0 Å². The number of ether oxygens (including phenoxy) is 2. The monoisotopic (exact) mass is 325 g/mol. The molecule has 2 unspecified atom stereocenters. The maximum absolute atomic E-state index is 6.04. The molecule has 112 valence electrons. The third kappa shape index (κ3) is 4.03. The van der Waals surface area contributed by atoms with Crippen LogP contribution in [0.5, 0.6) is 11.5 Å². The standard InChI is InChI=1S/C16H17Cl2NO2/c1-10(19)16(11-3-5-12(20-2)6-4-11)21-13-7-8-14(17)15(18)9-13/h3-10,16H,19H2,1-2H3. The Hall–Kier alpha value is -1.42. The van der Waals surface area contributed by atoms with E-state index in [1.807, 2.05) is 31.2 Å². The van der Waals surface area contributed by atoms with Gasteiger partial charge >= 0.3 is 0 Å². The Bertz CT molecular complexity index is 600. The van der Waals surface area contributed by atoms with Crippen LogP contribution >= 0.6 is 23.2 Å². The summed E-state index contributed by atoms with van der Waals surface area (Å²) in [6.07, 6.45) is -0.284. The molecule has 3 nitrogen and oxygen atoms in total. The highest BCUT2D eigenvalue weighted by atomic mass is 35.5. The molecule has 0 fully saturated rings. The predicted molar refractivity (Wildman–Crippen MR) is 86.5 cm³/mol. The predicted octanol–water partition coefficient (Wildman–Crippen LogP) is 4.47. The van der Waals surface area contributed by atoms with Crippen LogP contribution in [-0.4, -0.2) is 13.2 Å². The van der Waals surface area contributed by atoms with Gasteiger partial charge in [-0.15, -0.1) is 0 Å². The van der Waals surface area contributed by atoms with Gasteiger partial charge in [-0.05, 0) is 36.8 Å². The second-order valence-corrected chi connectivity index (χ2v) is 5.56. The lowest BCUT2D eigenvalue weighted by Gasteiger charge is -2.23. The minimum atomic E-state index is -0.284. The van der Waals surface area contributed by atoms with Crippen molar-refractivity contribution in [2.24, 2.45) is 5.73 Å². The Balaban J connectivity index is 2.23. The van der Waals surface area contributed by atoms with Crippen molar-refractivity contribution < 1.29 is 9.47 Å². The molecule has 2 aromatic carbocycles. The molecule has 0 heterocycles. The topological polar surface area (TPSA) is 44.5 Å². The van der Waals surface area contributed by atoms with Gasteiger partial charge in [0, 0.05) is 12.1 Å². The number of methoxy groups -OCH3 is 1. The van der Waals surface area contributed by atoms with Gasteiger partial charge in [0.05, 0.1) is 17.2 Å². The van der Waals surface area contributed by atoms with Crippen LogP contribution in [-0.2, 0) is 0 Å². The minimum absolute atomic E-state index is 0.187. The first-order chi connectivity index (χ1) is 10.0. The van der Waals surface area contributed by atoms with Crippen molar-refractivity contribution >= 4 is 23.2 Å². The second kappa shape index (κ2) is 7.03. The maximum atomic E-state index is 6.04. The molecule has 0 aliphatic rings. The minimum Gasteiger partial charge on any atom is -0.497 e. The molecule has 0 saturated carbocycles. The van der Waals surface area contributed by atoms with E-state index in [2.05, 4.69) is 0 Å². The zero-order valence-electron chi connectivity index (χ0n) is 11.8. The highest BCUT2D eigenvalue weighted by Gasteiger charge is 2.18. The van der Waals surface area contributed by atoms with Gasteiger partial charge in [0.25, 0.3) is 0 Å². The van der Waals surface area contributed by atoms with E-state index >= 15 is 0 Å². The van der Waals surface area contributed by atoms with Gasteiger partial charge in [0.15, 0.2) is 0 Å². The van der Waals surface area contributed by atoms with E-state index in [0.717, 1.165) is 11.3 Å². The molecule has 0 saturated heterocycles. The fraction of sp³-hybridized carbons (Fsp3) is 0.250. The molecule has 0 radical (unpaired) electrons. The number of hydrogen-bond acceptors (Lipinski definition) is 3. The fourth-order valence-corrected chi connectivity index (χ4v) is 2.26. The molecule has 2 N–H and O–H groups in total. The third-order valence-electron chi connectivity index (χ3n) is 3.08. The van der Waals surface area contributed by atoms with Crippen molar-refractivity contribution in [3.8, 4) is 11.5 Å². The summed E-state index contributed by atoms with van der Waals surface area (Å²) in [7, 11) is 1.63. The molecular formula is C16H17Cl2NO2. The molecule has 0 amide bonds. The first-order valence-electron chi connectivity index (χ1n) is 6.52. The van der Waals surface area contributed by atoms with Gasteiger partial charge in [0.1, 0.15) is 17.6 Å². The Kier molecular flexibility index (Phi) is 5.34. The number of benzene rings is 2. The summed E-state index contributed by atoms with van der Waals surface area (Å²) in [4.78, 5) is 0. The van der Waals surface area contributed by atoms with Crippen molar-refractivity contribution in [1.29, 1.82) is 0 Å². The summed E-state index contributed by atoms with van der Waals surface area (Å²) in [6.45, 7) is 1.90. The number of hydrogen-bond donors (Lipinski definition) is 1. The van der Waals surface area contributed by atoms with Crippen molar-refractivity contribution in [3.05, 3.63) is 58.1 Å². The summed E-state index contributed by atoms with van der Waals surface area (Å²) in [5.41, 5.74) is 7.01. The van der Waals surface area contributed by atoms with Crippen LogP contribution in [0.2, 0.25) is 10.0 Å². The molecule has 2 rings (SSSR count). The number of nitrogens with two attached hydrogens (primary N) is 1. The van der Waals surface area contributed by atoms with E-state index in [0.29, 0.717) is 15.8 Å². The lowest BCUT2D eigenvalue weighted by Crippen LogP contribution is -2.29. The van der Waals surface area contributed by atoms with Gasteiger partial charge in [0.2, 0.25) is 0 Å². The van der Waals surface area contributed by atoms with Crippen molar-refractivity contribution in [2.45, 2.75) is 19.1 Å². The Morgan fingerprint density at radius 1 is 0.952 bits per heavy atom. The molecule has 0 aromatic heterocycles. The zero-order chi connectivity index (χ0) is 15.4. The lowest BCUT2D eigenvalue weighted by atomic mass is 10.0. The summed E-state index contributed by atoms with van der Waals surface area (Å²) in [5, 5.41) is 0.943. The normalized spacial score (nSPS) is 13.6. The fourth-order valence-electron chi connectivity index (χ4n) is 1.97. The van der Waals surface area contributed by atoms with Gasteiger partial charge in [-0.2, -0.15) is 0 Å². The SMILES string of the molecule is COc1ccc(C(Oc2ccc(Cl)c(Cl)c2)C(C)N)cc1. The molecule has 0 spiro atoms. The Labute approximate surface area is 134 Å². The highest BCUT2D eigenvalue weighted by molar-refractivity contribution is 6.42. The summed E-state index contributed by atoms with van der Waals surface area (Å²) in [5.74, 6) is 1.42. The third-order valence-corrected chi connectivity index (χ3v) is 3.82. The lowest BCUT2D eigenvalue weighted by molar-refractivity contribution is 0.180. The molecule has 0 aliphatic carbocycles. The summed E-state index contributed by atoms with van der Waals surface area (Å²) in [6, 6.07) is 12.6. The van der Waals surface area contributed by atoms with Crippen LogP contribution in [0, 0.1) is 0 Å². The smallest absolute Gasteiger partial charge is 0.138 e. The van der Waals surface area contributed by atoms with Crippen LogP contribution in [0.3, 0.4) is 0 Å². The van der Waals surface area contributed by atoms with E-state index in [-0.39, 0.29) is 12.1 Å². The molecule has 5 heteroatoms. The number of rotatable bonds is 5. The maximum Gasteiger partial charge on any atom is 0.138 e. The molecule has 0 bridgehead atoms. The van der Waals surface area contributed by atoms with Gasteiger partial charge in [-0.25, -0.2) is 0 Å². The molecule has 0 aliphatic heterocycles. The largest absolute Gasteiger partial charge is 0.497 e. The van der Waals surface area contributed by atoms with Crippen LogP contribution < -0.4 is 15.2 Å². The number of halogens is 2. The summed E-state index contributed by atoms with van der Waals surface area (Å²) < 4.78 is 11.1. The van der Waals surface area contributed by atoms with E-state index in [1.54, 1.807) is 25.3 Å². The zero-order valence-corrected chi connectivity index (χ0v) is 13.4. The Morgan fingerprint density at radius 2 is 1.57 bits per heavy atom. The molecule has 2 aromatic rings.